The van der Waals surface area contributed by atoms with E-state index in [9.17, 15) is 10.2 Å². The Labute approximate surface area is 459 Å². The zero-order chi connectivity index (χ0) is 53.0. The fourth-order valence-corrected chi connectivity index (χ4v) is 11.4. The normalized spacial score (nSPS) is 17.2. The van der Waals surface area contributed by atoms with Crippen molar-refractivity contribution in [1.29, 1.82) is 0 Å². The van der Waals surface area contributed by atoms with Crippen molar-refractivity contribution in [1.82, 2.24) is 0 Å². The molecular formula is C69H71N2O3Ru. The van der Waals surface area contributed by atoms with Crippen LogP contribution in [0.4, 0.5) is 0 Å². The third-order valence-electron chi connectivity index (χ3n) is 14.6. The summed E-state index contributed by atoms with van der Waals surface area (Å²) in [5.41, 5.74) is 13.5. The third kappa shape index (κ3) is 12.7. The van der Waals surface area contributed by atoms with Crippen LogP contribution < -0.4 is 0 Å². The van der Waals surface area contributed by atoms with Crippen molar-refractivity contribution in [2.75, 3.05) is 0 Å². The molecule has 11 rings (SSSR count). The largest absolute Gasteiger partial charge is 1.00 e. The summed E-state index contributed by atoms with van der Waals surface area (Å²) in [4.78, 5) is 18.3. The van der Waals surface area contributed by atoms with Gasteiger partial charge in [0.25, 0.3) is 0 Å². The Hall–Kier alpha value is -7.53. The van der Waals surface area contributed by atoms with E-state index in [-0.39, 0.29) is 49.1 Å². The second-order valence-electron chi connectivity index (χ2n) is 18.3. The molecule has 6 heteroatoms. The molecule has 1 radical (unpaired) electrons. The number of phenols is 2. The van der Waals surface area contributed by atoms with Crippen LogP contribution in [0.1, 0.15) is 101 Å². The Kier molecular flexibility index (Phi) is 22.9. The van der Waals surface area contributed by atoms with Crippen LogP contribution in [0.15, 0.2) is 220 Å². The molecule has 0 bridgehead atoms. The molecule has 0 aliphatic heterocycles. The number of aromatic hydroxyl groups is 2. The Morgan fingerprint density at radius 1 is 0.493 bits per heavy atom. The van der Waals surface area contributed by atoms with Crippen molar-refractivity contribution in [2.24, 2.45) is 9.98 Å². The van der Waals surface area contributed by atoms with Crippen molar-refractivity contribution in [3.63, 3.8) is 0 Å². The number of nitrogens with zero attached hydrogens (tertiary/aromatic N) is 2. The molecule has 0 saturated heterocycles. The first kappa shape index (κ1) is 58.4. The number of carbonyl (C=O) groups excluding carboxylic acids is 1. The van der Waals surface area contributed by atoms with Crippen LogP contribution in [-0.2, 0) is 43.5 Å². The van der Waals surface area contributed by atoms with Crippen LogP contribution >= 0.6 is 0 Å². The molecule has 4 atom stereocenters. The number of hydrogen-bond donors (Lipinski definition) is 2. The van der Waals surface area contributed by atoms with Crippen molar-refractivity contribution in [3.8, 4) is 33.8 Å². The number of hydrogen-bond acceptors (Lipinski definition) is 5. The van der Waals surface area contributed by atoms with Gasteiger partial charge in [-0.05, 0) is 135 Å². The molecule has 3 aliphatic carbocycles. The van der Waals surface area contributed by atoms with E-state index in [0.29, 0.717) is 5.75 Å². The maximum atomic E-state index is 12.5. The molecule has 383 valence electrons. The fourth-order valence-electron chi connectivity index (χ4n) is 11.4. The van der Waals surface area contributed by atoms with Crippen LogP contribution in [0.5, 0.6) is 11.5 Å². The zero-order valence-electron chi connectivity index (χ0n) is 43.3. The number of benzene rings is 8. The number of fused-ring (bicyclic) bond motifs is 4. The standard InChI is InChI=1S/C60H54N2O2.4C2H4.CHO.Ru/c63-59-45(35-43-23-9-13-27-49(43)57(59)55-47-25-11-7-21-41(47)31-33-51(55)39-17-3-1-4-18-39)37-61-53-29-15-16-30-54(53)62-38-46-36-44-24-10-14-28-50(44)58(60(46)64)56-48-26-12-8-22-42(48)32-34-52(56)40-19-5-2-6-20-40;5*1-2;/h1-7,9-11,13-14,17-21,23-25,27-28,32,34-38,51,53-55,63-64H,8,12,15-16,22,26,29-31,33H2;4*1-2H2;1H;/q;;;;;-1;+1/t51-,53+,54+,55-;;;;;;/m0....../s1. The fraction of sp³-hybridized carbons (Fsp3) is 0.203. The summed E-state index contributed by atoms with van der Waals surface area (Å²) in [7, 11) is 0. The molecule has 8 aromatic rings. The van der Waals surface area contributed by atoms with Gasteiger partial charge in [-0.3, -0.25) is 16.8 Å². The summed E-state index contributed by atoms with van der Waals surface area (Å²) < 4.78 is 0. The molecule has 5 nitrogen and oxygen atoms in total. The number of rotatable bonds is 8. The molecule has 1 saturated carbocycles. The Balaban J connectivity index is 0.000000895. The van der Waals surface area contributed by atoms with Crippen molar-refractivity contribution >= 4 is 40.8 Å². The topological polar surface area (TPSA) is 82.2 Å². The maximum Gasteiger partial charge on any atom is 1.00 e. The molecule has 0 spiro atoms. The molecule has 1 fully saturated rings. The van der Waals surface area contributed by atoms with E-state index in [1.54, 1.807) is 0 Å². The average Bonchev–Trinajstić information content (AvgIpc) is 3.49. The third-order valence-corrected chi connectivity index (χ3v) is 14.6. The van der Waals surface area contributed by atoms with Crippen LogP contribution in [0.3, 0.4) is 0 Å². The van der Waals surface area contributed by atoms with E-state index < -0.39 is 0 Å². The first-order chi connectivity index (χ1) is 36.6. The van der Waals surface area contributed by atoms with Gasteiger partial charge in [-0.25, -0.2) is 0 Å². The zero-order valence-corrected chi connectivity index (χ0v) is 45.1. The van der Waals surface area contributed by atoms with E-state index in [2.05, 4.69) is 217 Å². The van der Waals surface area contributed by atoms with Gasteiger partial charge in [0.15, 0.2) is 0 Å². The summed E-state index contributed by atoms with van der Waals surface area (Å²) in [6.45, 7) is 27.2. The van der Waals surface area contributed by atoms with Gasteiger partial charge in [0.2, 0.25) is 0 Å². The quantitative estimate of drug-likeness (QED) is 0.0523. The van der Waals surface area contributed by atoms with Crippen molar-refractivity contribution < 1.29 is 34.5 Å². The Morgan fingerprint density at radius 2 is 1.01 bits per heavy atom. The first-order valence-electron chi connectivity index (χ1n) is 25.7. The summed E-state index contributed by atoms with van der Waals surface area (Å²) in [6, 6.07) is 55.9. The molecule has 2 N–H and O–H groups in total. The van der Waals surface area contributed by atoms with Crippen LogP contribution in [0, 0.1) is 0 Å². The van der Waals surface area contributed by atoms with Gasteiger partial charge in [-0.2, -0.15) is 0 Å². The van der Waals surface area contributed by atoms with Gasteiger partial charge in [0.1, 0.15) is 11.5 Å². The summed E-state index contributed by atoms with van der Waals surface area (Å²) in [6.07, 6.45) is 14.2. The summed E-state index contributed by atoms with van der Waals surface area (Å²) in [5, 5.41) is 29.4. The predicted octanol–water partition coefficient (Wildman–Crippen LogP) is 17.3. The van der Waals surface area contributed by atoms with Gasteiger partial charge >= 0.3 is 19.5 Å². The predicted molar refractivity (Wildman–Crippen MR) is 318 cm³/mol. The average molecular weight is 1080 g/mol. The molecule has 8 aromatic carbocycles. The van der Waals surface area contributed by atoms with E-state index in [0.717, 1.165) is 118 Å². The minimum Gasteiger partial charge on any atom is -0.545 e. The minimum absolute atomic E-state index is 0. The van der Waals surface area contributed by atoms with E-state index in [1.807, 2.05) is 12.4 Å². The molecule has 0 unspecified atom stereocenters. The van der Waals surface area contributed by atoms with Crippen LogP contribution in [-0.4, -0.2) is 41.5 Å². The molecule has 75 heavy (non-hydrogen) atoms. The van der Waals surface area contributed by atoms with E-state index in [4.69, 9.17) is 14.8 Å². The SMILES string of the molecule is C=C.C=C.C=C.C=C.Oc1c(C=N[C@@H]2CCCC[C@H]2N=Cc2cc3ccccc3c([C@H]3c4ccccc4CC[C@H]3c3ccccc3)c2O)cc2ccccc2c1-c1c(-c2ccccc2)ccc2c1CCCC2.[CH-]=O.[Ru+]. The van der Waals surface area contributed by atoms with E-state index >= 15 is 0 Å². The van der Waals surface area contributed by atoms with E-state index in [1.165, 1.54) is 34.2 Å². The number of aliphatic imine (C=N–C) groups is 2. The minimum atomic E-state index is -0.0570. The Bertz CT molecular complexity index is 3150. The van der Waals surface area contributed by atoms with Gasteiger partial charge in [0.05, 0.1) is 12.1 Å². The van der Waals surface area contributed by atoms with Crippen molar-refractivity contribution in [3.05, 3.63) is 255 Å². The second kappa shape index (κ2) is 29.4. The molecule has 0 aromatic heterocycles. The van der Waals surface area contributed by atoms with Gasteiger partial charge in [0, 0.05) is 40.6 Å². The monoisotopic (exact) mass is 1080 g/mol. The number of aryl methyl sites for hydroxylation is 2. The molecule has 0 heterocycles. The second-order valence-corrected chi connectivity index (χ2v) is 18.3. The maximum absolute atomic E-state index is 12.5. The molecule has 3 aliphatic rings. The van der Waals surface area contributed by atoms with Crippen molar-refractivity contribution in [2.45, 2.75) is 88.1 Å². The summed E-state index contributed by atoms with van der Waals surface area (Å²) >= 11 is 0. The molecular weight excluding hydrogens is 1010 g/mol. The van der Waals surface area contributed by atoms with Crippen LogP contribution in [0.2, 0.25) is 0 Å². The van der Waals surface area contributed by atoms with Gasteiger partial charge < -0.3 is 15.0 Å². The summed E-state index contributed by atoms with van der Waals surface area (Å²) in [5.74, 6) is 0.801. The smallest absolute Gasteiger partial charge is 0.545 e. The Morgan fingerprint density at radius 3 is 1.65 bits per heavy atom. The number of phenolic OH excluding ortho intramolecular Hbond substituents is 2. The molecule has 0 amide bonds. The van der Waals surface area contributed by atoms with Gasteiger partial charge in [-0.15, -0.1) is 52.6 Å². The van der Waals surface area contributed by atoms with Gasteiger partial charge in [-0.1, -0.05) is 158 Å². The van der Waals surface area contributed by atoms with Crippen LogP contribution in [0.25, 0.3) is 43.8 Å². The first-order valence-corrected chi connectivity index (χ1v) is 25.7.